The van der Waals surface area contributed by atoms with Gasteiger partial charge in [0, 0.05) is 37.6 Å². The summed E-state index contributed by atoms with van der Waals surface area (Å²) in [5, 5.41) is 17.6. The highest BCUT2D eigenvalue weighted by Crippen LogP contribution is 2.27. The Labute approximate surface area is 189 Å². The molecule has 3 rings (SSSR count). The lowest BCUT2D eigenvalue weighted by Crippen LogP contribution is -2.42. The number of aryl methyl sites for hydroxylation is 2. The lowest BCUT2D eigenvalue weighted by Gasteiger charge is -2.22. The zero-order chi connectivity index (χ0) is 20.0. The summed E-state index contributed by atoms with van der Waals surface area (Å²) < 4.78 is 16.4. The van der Waals surface area contributed by atoms with Crippen LogP contribution in [0.25, 0.3) is 0 Å². The summed E-state index contributed by atoms with van der Waals surface area (Å²) in [6, 6.07) is 5.71. The minimum atomic E-state index is -1.10. The molecule has 1 aliphatic rings. The van der Waals surface area contributed by atoms with Crippen LogP contribution in [0.2, 0.25) is 0 Å². The van der Waals surface area contributed by atoms with Crippen LogP contribution < -0.4 is 10.6 Å². The Morgan fingerprint density at radius 3 is 2.79 bits per heavy atom. The molecule has 1 fully saturated rings. The van der Waals surface area contributed by atoms with Crippen molar-refractivity contribution in [3.05, 3.63) is 47.3 Å². The SMILES string of the molecule is Cc1cc(C(C)(O)CN=C(NCCc2ccco2)NCC2CCOC2)c(C)o1.I. The lowest BCUT2D eigenvalue weighted by molar-refractivity contribution is 0.0657. The first-order valence-electron chi connectivity index (χ1n) is 9.86. The van der Waals surface area contributed by atoms with Crippen molar-refractivity contribution >= 4 is 29.9 Å². The van der Waals surface area contributed by atoms with Crippen LogP contribution >= 0.6 is 24.0 Å². The Morgan fingerprint density at radius 2 is 2.17 bits per heavy atom. The van der Waals surface area contributed by atoms with E-state index in [0.29, 0.717) is 18.4 Å². The minimum Gasteiger partial charge on any atom is -0.469 e. The molecule has 2 aromatic rings. The molecule has 3 heterocycles. The van der Waals surface area contributed by atoms with Gasteiger partial charge >= 0.3 is 0 Å². The van der Waals surface area contributed by atoms with Crippen molar-refractivity contribution in [1.29, 1.82) is 0 Å². The number of aliphatic imine (C=N–C) groups is 1. The highest BCUT2D eigenvalue weighted by Gasteiger charge is 2.27. The van der Waals surface area contributed by atoms with Crippen LogP contribution in [0.3, 0.4) is 0 Å². The normalized spacial score (nSPS) is 18.9. The average molecular weight is 517 g/mol. The van der Waals surface area contributed by atoms with Gasteiger partial charge in [-0.3, -0.25) is 0 Å². The molecule has 0 aromatic carbocycles. The number of halogens is 1. The Bertz CT molecular complexity index is 765. The topological polar surface area (TPSA) is 92.2 Å². The highest BCUT2D eigenvalue weighted by molar-refractivity contribution is 14.0. The third kappa shape index (κ3) is 7.04. The molecule has 1 saturated heterocycles. The van der Waals surface area contributed by atoms with Gasteiger partial charge in [-0.2, -0.15) is 0 Å². The summed E-state index contributed by atoms with van der Waals surface area (Å²) >= 11 is 0. The molecule has 2 aromatic heterocycles. The number of guanidine groups is 1. The Balaban J connectivity index is 0.00000300. The van der Waals surface area contributed by atoms with Crippen LogP contribution in [0.4, 0.5) is 0 Å². The number of hydrogen-bond donors (Lipinski definition) is 3. The molecule has 0 saturated carbocycles. The van der Waals surface area contributed by atoms with Gasteiger partial charge in [0.1, 0.15) is 22.9 Å². The van der Waals surface area contributed by atoms with Gasteiger partial charge < -0.3 is 29.3 Å². The Morgan fingerprint density at radius 1 is 1.34 bits per heavy atom. The van der Waals surface area contributed by atoms with Crippen LogP contribution in [0, 0.1) is 19.8 Å². The number of furan rings is 2. The maximum Gasteiger partial charge on any atom is 0.191 e. The number of nitrogens with one attached hydrogen (secondary N) is 2. The summed E-state index contributed by atoms with van der Waals surface area (Å²) in [6.07, 6.45) is 3.49. The van der Waals surface area contributed by atoms with Crippen molar-refractivity contribution in [1.82, 2.24) is 10.6 Å². The maximum absolute atomic E-state index is 10.9. The fourth-order valence-electron chi connectivity index (χ4n) is 3.40. The second-order valence-electron chi connectivity index (χ2n) is 7.63. The first kappa shape index (κ1) is 23.8. The van der Waals surface area contributed by atoms with E-state index < -0.39 is 5.60 Å². The molecule has 3 N–H and O–H groups in total. The van der Waals surface area contributed by atoms with Gasteiger partial charge in [0.15, 0.2) is 5.96 Å². The smallest absolute Gasteiger partial charge is 0.191 e. The molecule has 0 bridgehead atoms. The van der Waals surface area contributed by atoms with E-state index >= 15 is 0 Å². The van der Waals surface area contributed by atoms with E-state index in [1.807, 2.05) is 32.0 Å². The number of rotatable bonds is 8. The molecule has 8 heteroatoms. The fraction of sp³-hybridized carbons (Fsp3) is 0.571. The van der Waals surface area contributed by atoms with Crippen molar-refractivity contribution in [2.75, 3.05) is 32.8 Å². The predicted molar refractivity (Wildman–Crippen MR) is 123 cm³/mol. The summed E-state index contributed by atoms with van der Waals surface area (Å²) in [5.41, 5.74) is -0.332. The van der Waals surface area contributed by atoms with E-state index in [1.54, 1.807) is 13.2 Å². The molecule has 7 nitrogen and oxygen atoms in total. The van der Waals surface area contributed by atoms with Gasteiger partial charge in [0.25, 0.3) is 0 Å². The molecule has 0 amide bonds. The van der Waals surface area contributed by atoms with E-state index in [9.17, 15) is 5.11 Å². The molecule has 0 aliphatic carbocycles. The molecular formula is C21H32IN3O4. The second kappa shape index (κ2) is 11.0. The first-order chi connectivity index (χ1) is 13.4. The van der Waals surface area contributed by atoms with Crippen molar-refractivity contribution < 1.29 is 18.7 Å². The van der Waals surface area contributed by atoms with Crippen LogP contribution in [0.5, 0.6) is 0 Å². The quantitative estimate of drug-likeness (QED) is 0.283. The number of nitrogens with zero attached hydrogens (tertiary/aromatic N) is 1. The predicted octanol–water partition coefficient (Wildman–Crippen LogP) is 3.13. The van der Waals surface area contributed by atoms with Gasteiger partial charge in [-0.15, -0.1) is 24.0 Å². The highest BCUT2D eigenvalue weighted by atomic mass is 127. The minimum absolute atomic E-state index is 0. The molecule has 0 radical (unpaired) electrons. The molecular weight excluding hydrogens is 485 g/mol. The van der Waals surface area contributed by atoms with Crippen LogP contribution in [-0.2, 0) is 16.8 Å². The third-order valence-electron chi connectivity index (χ3n) is 4.99. The van der Waals surface area contributed by atoms with Crippen molar-refractivity contribution in [2.45, 2.75) is 39.2 Å². The Hall–Kier alpha value is -1.52. The van der Waals surface area contributed by atoms with E-state index in [1.165, 1.54) is 0 Å². The van der Waals surface area contributed by atoms with Gasteiger partial charge in [-0.05, 0) is 45.4 Å². The first-order valence-corrected chi connectivity index (χ1v) is 9.86. The summed E-state index contributed by atoms with van der Waals surface area (Å²) in [6.45, 7) is 8.80. The van der Waals surface area contributed by atoms with Crippen molar-refractivity contribution in [3.63, 3.8) is 0 Å². The molecule has 29 heavy (non-hydrogen) atoms. The van der Waals surface area contributed by atoms with Gasteiger partial charge in [-0.1, -0.05) is 0 Å². The van der Waals surface area contributed by atoms with Crippen LogP contribution in [0.1, 0.15) is 36.2 Å². The summed E-state index contributed by atoms with van der Waals surface area (Å²) in [4.78, 5) is 4.63. The average Bonchev–Trinajstić information content (AvgIpc) is 3.39. The lowest BCUT2D eigenvalue weighted by atomic mass is 9.96. The largest absolute Gasteiger partial charge is 0.469 e. The molecule has 2 unspecified atom stereocenters. The van der Waals surface area contributed by atoms with Crippen molar-refractivity contribution in [3.8, 4) is 0 Å². The van der Waals surface area contributed by atoms with Crippen LogP contribution in [-0.4, -0.2) is 43.9 Å². The summed E-state index contributed by atoms with van der Waals surface area (Å²) in [7, 11) is 0. The number of aliphatic hydroxyl groups is 1. The molecule has 0 spiro atoms. The van der Waals surface area contributed by atoms with E-state index in [2.05, 4.69) is 15.6 Å². The number of hydrogen-bond acceptors (Lipinski definition) is 5. The van der Waals surface area contributed by atoms with Gasteiger partial charge in [0.2, 0.25) is 0 Å². The monoisotopic (exact) mass is 517 g/mol. The van der Waals surface area contributed by atoms with Crippen molar-refractivity contribution in [2.24, 2.45) is 10.9 Å². The van der Waals surface area contributed by atoms with Gasteiger partial charge in [0.05, 0.1) is 19.4 Å². The molecule has 2 atom stereocenters. The summed E-state index contributed by atoms with van der Waals surface area (Å²) in [5.74, 6) is 3.59. The fourth-order valence-corrected chi connectivity index (χ4v) is 3.40. The third-order valence-corrected chi connectivity index (χ3v) is 4.99. The number of ether oxygens (including phenoxy) is 1. The van der Waals surface area contributed by atoms with Crippen LogP contribution in [0.15, 0.2) is 38.3 Å². The van der Waals surface area contributed by atoms with E-state index in [0.717, 1.165) is 55.4 Å². The molecule has 162 valence electrons. The maximum atomic E-state index is 10.9. The molecule has 1 aliphatic heterocycles. The van der Waals surface area contributed by atoms with E-state index in [-0.39, 0.29) is 30.5 Å². The second-order valence-corrected chi connectivity index (χ2v) is 7.63. The Kier molecular flexibility index (Phi) is 9.04. The van der Waals surface area contributed by atoms with E-state index in [4.69, 9.17) is 13.6 Å². The zero-order valence-electron chi connectivity index (χ0n) is 17.4. The zero-order valence-corrected chi connectivity index (χ0v) is 19.7. The standard InChI is InChI=1S/C21H31N3O4.HI/c1-15-11-19(16(2)28-15)21(3,25)14-24-20(23-12-17-7-10-26-13-17)22-8-6-18-5-4-9-27-18;/h4-5,9,11,17,25H,6-8,10,12-14H2,1-3H3,(H2,22,23,24);1H. The van der Waals surface area contributed by atoms with Gasteiger partial charge in [-0.25, -0.2) is 4.99 Å².